The molecule has 1 nitrogen and oxygen atoms in total. The Morgan fingerprint density at radius 3 is 2.76 bits per heavy atom. The summed E-state index contributed by atoms with van der Waals surface area (Å²) in [4.78, 5) is 0. The van der Waals surface area contributed by atoms with Gasteiger partial charge in [-0.3, -0.25) is 0 Å². The van der Waals surface area contributed by atoms with E-state index in [2.05, 4.69) is 6.08 Å². The summed E-state index contributed by atoms with van der Waals surface area (Å²) in [6.45, 7) is 0. The lowest BCUT2D eigenvalue weighted by molar-refractivity contribution is 0.208. The minimum atomic E-state index is -0.635. The second kappa shape index (κ2) is 5.97. The maximum atomic E-state index is 13.1. The van der Waals surface area contributed by atoms with Crippen molar-refractivity contribution in [1.29, 1.82) is 0 Å². The van der Waals surface area contributed by atoms with Gasteiger partial charge in [0.2, 0.25) is 0 Å². The van der Waals surface area contributed by atoms with Crippen LogP contribution in [0.1, 0.15) is 50.2 Å². The number of allylic oxidation sites excluding steroid dienone is 1. The van der Waals surface area contributed by atoms with E-state index in [9.17, 15) is 9.50 Å². The Morgan fingerprint density at radius 2 is 1.94 bits per heavy atom. The average molecular weight is 234 g/mol. The van der Waals surface area contributed by atoms with E-state index in [-0.39, 0.29) is 5.82 Å². The number of benzene rings is 1. The summed E-state index contributed by atoms with van der Waals surface area (Å²) in [6.07, 6.45) is 8.28. The fraction of sp³-hybridized carbons (Fsp3) is 0.467. The van der Waals surface area contributed by atoms with E-state index in [0.29, 0.717) is 5.56 Å². The van der Waals surface area contributed by atoms with Crippen LogP contribution in [0, 0.1) is 5.82 Å². The lowest BCUT2D eigenvalue weighted by Gasteiger charge is -2.17. The first-order valence-electron chi connectivity index (χ1n) is 6.40. The Bertz CT molecular complexity index is 398. The van der Waals surface area contributed by atoms with Crippen LogP contribution < -0.4 is 0 Å². The molecule has 0 saturated heterocycles. The van der Waals surface area contributed by atoms with Crippen LogP contribution in [0.2, 0.25) is 0 Å². The minimum Gasteiger partial charge on any atom is -0.384 e. The van der Waals surface area contributed by atoms with Gasteiger partial charge in [-0.25, -0.2) is 4.39 Å². The third-order valence-electron chi connectivity index (χ3n) is 3.34. The van der Waals surface area contributed by atoms with Crippen LogP contribution in [0.4, 0.5) is 4.39 Å². The predicted octanol–water partition coefficient (Wildman–Crippen LogP) is 4.14. The Kier molecular flexibility index (Phi) is 4.32. The van der Waals surface area contributed by atoms with Crippen LogP contribution in [0.5, 0.6) is 0 Å². The van der Waals surface area contributed by atoms with Gasteiger partial charge < -0.3 is 5.11 Å². The number of aliphatic hydroxyl groups is 1. The molecule has 0 heterocycles. The fourth-order valence-corrected chi connectivity index (χ4v) is 2.36. The number of hydrogen-bond donors (Lipinski definition) is 1. The van der Waals surface area contributed by atoms with Crippen molar-refractivity contribution >= 4 is 0 Å². The van der Waals surface area contributed by atoms with Gasteiger partial charge in [-0.1, -0.05) is 31.1 Å². The van der Waals surface area contributed by atoms with Gasteiger partial charge >= 0.3 is 0 Å². The van der Waals surface area contributed by atoms with Crippen molar-refractivity contribution < 1.29 is 9.50 Å². The molecule has 2 rings (SSSR count). The van der Waals surface area contributed by atoms with Gasteiger partial charge in [-0.05, 0) is 49.0 Å². The number of aliphatic hydroxyl groups excluding tert-OH is 1. The van der Waals surface area contributed by atoms with Crippen LogP contribution in [0.3, 0.4) is 0 Å². The van der Waals surface area contributed by atoms with Crippen molar-refractivity contribution in [3.63, 3.8) is 0 Å². The molecule has 0 aromatic heterocycles. The van der Waals surface area contributed by atoms with E-state index < -0.39 is 6.10 Å². The average Bonchev–Trinajstić information content (AvgIpc) is 2.28. The summed E-state index contributed by atoms with van der Waals surface area (Å²) in [5.74, 6) is -0.284. The van der Waals surface area contributed by atoms with Crippen LogP contribution >= 0.6 is 0 Å². The van der Waals surface area contributed by atoms with Gasteiger partial charge in [0.05, 0.1) is 0 Å². The largest absolute Gasteiger partial charge is 0.384 e. The van der Waals surface area contributed by atoms with Gasteiger partial charge in [0.25, 0.3) is 0 Å². The van der Waals surface area contributed by atoms with E-state index in [1.165, 1.54) is 31.4 Å². The van der Waals surface area contributed by atoms with Crippen molar-refractivity contribution in [3.8, 4) is 0 Å². The van der Waals surface area contributed by atoms with Crippen molar-refractivity contribution in [3.05, 3.63) is 47.3 Å². The van der Waals surface area contributed by atoms with Crippen LogP contribution in [0.15, 0.2) is 35.9 Å². The Hall–Kier alpha value is -1.15. The molecule has 0 bridgehead atoms. The quantitative estimate of drug-likeness (QED) is 0.762. The van der Waals surface area contributed by atoms with Crippen LogP contribution in [-0.4, -0.2) is 5.11 Å². The van der Waals surface area contributed by atoms with Gasteiger partial charge in [0.1, 0.15) is 11.9 Å². The summed E-state index contributed by atoms with van der Waals surface area (Å²) in [5.41, 5.74) is 1.71. The highest BCUT2D eigenvalue weighted by molar-refractivity contribution is 5.26. The Balaban J connectivity index is 2.14. The molecule has 0 saturated carbocycles. The Morgan fingerprint density at radius 1 is 1.12 bits per heavy atom. The van der Waals surface area contributed by atoms with Gasteiger partial charge in [0, 0.05) is 0 Å². The molecular formula is C15H19FO. The van der Waals surface area contributed by atoms with Crippen molar-refractivity contribution in [2.24, 2.45) is 0 Å². The summed E-state index contributed by atoms with van der Waals surface area (Å²) in [5, 5.41) is 10.3. The first-order valence-corrected chi connectivity index (χ1v) is 6.40. The molecular weight excluding hydrogens is 215 g/mol. The zero-order chi connectivity index (χ0) is 12.1. The standard InChI is InChI=1S/C15H19FO/c16-14-10-6-9-13(11-14)15(17)12-7-4-2-1-3-5-8-12/h6-7,9-11,15,17H,1-5,8H2/b12-7+. The molecule has 1 aromatic rings. The molecule has 1 aliphatic rings. The van der Waals surface area contributed by atoms with E-state index in [1.807, 2.05) is 0 Å². The first-order chi connectivity index (χ1) is 8.27. The summed E-state index contributed by atoms with van der Waals surface area (Å²) >= 11 is 0. The predicted molar refractivity (Wildman–Crippen MR) is 67.1 cm³/mol. The summed E-state index contributed by atoms with van der Waals surface area (Å²) < 4.78 is 13.1. The maximum Gasteiger partial charge on any atom is 0.123 e. The van der Waals surface area contributed by atoms with Gasteiger partial charge in [-0.15, -0.1) is 0 Å². The molecule has 1 aliphatic carbocycles. The van der Waals surface area contributed by atoms with E-state index in [4.69, 9.17) is 0 Å². The first kappa shape index (κ1) is 12.3. The summed E-state index contributed by atoms with van der Waals surface area (Å²) in [7, 11) is 0. The molecule has 0 amide bonds. The van der Waals surface area contributed by atoms with E-state index >= 15 is 0 Å². The van der Waals surface area contributed by atoms with Crippen LogP contribution in [0.25, 0.3) is 0 Å². The number of rotatable bonds is 2. The second-order valence-corrected chi connectivity index (χ2v) is 4.69. The van der Waals surface area contributed by atoms with E-state index in [1.54, 1.807) is 12.1 Å². The third-order valence-corrected chi connectivity index (χ3v) is 3.34. The molecule has 0 aliphatic heterocycles. The molecule has 0 radical (unpaired) electrons. The van der Waals surface area contributed by atoms with Crippen LogP contribution in [-0.2, 0) is 0 Å². The molecule has 1 atom stereocenters. The number of halogens is 1. The molecule has 1 aromatic carbocycles. The molecule has 2 heteroatoms. The van der Waals surface area contributed by atoms with E-state index in [0.717, 1.165) is 24.8 Å². The minimum absolute atomic E-state index is 0.284. The van der Waals surface area contributed by atoms with Gasteiger partial charge in [-0.2, -0.15) is 0 Å². The Labute approximate surface area is 102 Å². The molecule has 1 unspecified atom stereocenters. The monoisotopic (exact) mass is 234 g/mol. The zero-order valence-electron chi connectivity index (χ0n) is 10.0. The number of hydrogen-bond acceptors (Lipinski definition) is 1. The highest BCUT2D eigenvalue weighted by Crippen LogP contribution is 2.28. The highest BCUT2D eigenvalue weighted by Gasteiger charge is 2.14. The fourth-order valence-electron chi connectivity index (χ4n) is 2.36. The normalized spacial score (nSPS) is 22.1. The summed E-state index contributed by atoms with van der Waals surface area (Å²) in [6, 6.07) is 6.26. The zero-order valence-corrected chi connectivity index (χ0v) is 10.0. The topological polar surface area (TPSA) is 20.2 Å². The molecule has 1 N–H and O–H groups in total. The molecule has 0 fully saturated rings. The van der Waals surface area contributed by atoms with Gasteiger partial charge in [0.15, 0.2) is 0 Å². The molecule has 17 heavy (non-hydrogen) atoms. The SMILES string of the molecule is OC(/C1=C/CCCCCC1)c1cccc(F)c1. The smallest absolute Gasteiger partial charge is 0.123 e. The van der Waals surface area contributed by atoms with Crippen molar-refractivity contribution in [2.75, 3.05) is 0 Å². The lowest BCUT2D eigenvalue weighted by Crippen LogP contribution is -2.04. The lowest BCUT2D eigenvalue weighted by atomic mass is 9.93. The second-order valence-electron chi connectivity index (χ2n) is 4.69. The third kappa shape index (κ3) is 3.40. The van der Waals surface area contributed by atoms with Crippen molar-refractivity contribution in [1.82, 2.24) is 0 Å². The maximum absolute atomic E-state index is 13.1. The molecule has 92 valence electrons. The molecule has 0 spiro atoms. The highest BCUT2D eigenvalue weighted by atomic mass is 19.1. The van der Waals surface area contributed by atoms with Crippen molar-refractivity contribution in [2.45, 2.75) is 44.6 Å².